The summed E-state index contributed by atoms with van der Waals surface area (Å²) in [4.78, 5) is 7.73. The van der Waals surface area contributed by atoms with Gasteiger partial charge in [-0.05, 0) is 36.2 Å². The summed E-state index contributed by atoms with van der Waals surface area (Å²) >= 11 is 0. The number of aryl methyl sites for hydroxylation is 1. The maximum atomic E-state index is 9.10. The Morgan fingerprint density at radius 1 is 1.19 bits per heavy atom. The highest BCUT2D eigenvalue weighted by molar-refractivity contribution is 5.99. The number of benzene rings is 1. The Balaban J connectivity index is 1.81. The van der Waals surface area contributed by atoms with Crippen molar-refractivity contribution >= 4 is 11.0 Å². The number of aromatic amines is 1. The van der Waals surface area contributed by atoms with Gasteiger partial charge in [0.1, 0.15) is 11.3 Å². The van der Waals surface area contributed by atoms with Gasteiger partial charge in [-0.15, -0.1) is 0 Å². The molecule has 0 saturated carbocycles. The topological polar surface area (TPSA) is 82.3 Å². The Kier molecular flexibility index (Phi) is 3.56. The molecule has 1 aliphatic rings. The van der Waals surface area contributed by atoms with Crippen molar-refractivity contribution in [2.75, 3.05) is 6.54 Å². The summed E-state index contributed by atoms with van der Waals surface area (Å²) in [6.07, 6.45) is 3.84. The van der Waals surface area contributed by atoms with E-state index in [4.69, 9.17) is 10.4 Å². The number of nitrogens with zero attached hydrogens (tertiary/aromatic N) is 4. The molecule has 0 spiro atoms. The van der Waals surface area contributed by atoms with Crippen molar-refractivity contribution in [2.24, 2.45) is 0 Å². The Bertz CT molecular complexity index is 1190. The summed E-state index contributed by atoms with van der Waals surface area (Å²) in [6, 6.07) is 11.9. The zero-order valence-electron chi connectivity index (χ0n) is 15.0. The van der Waals surface area contributed by atoms with Crippen LogP contribution in [0.3, 0.4) is 0 Å². The lowest BCUT2D eigenvalue weighted by Crippen LogP contribution is -2.28. The molecule has 0 bridgehead atoms. The molecule has 0 aliphatic carbocycles. The van der Waals surface area contributed by atoms with Crippen LogP contribution in [0.25, 0.3) is 33.4 Å². The fourth-order valence-electron chi connectivity index (χ4n) is 3.87. The SMILES string of the molecule is Cc1c[nH]c2nccc(-c3c(-c4ccc(C#N)cc4)nn4c3CNCC4)c12. The van der Waals surface area contributed by atoms with Crippen molar-refractivity contribution in [3.63, 3.8) is 0 Å². The molecule has 0 fully saturated rings. The molecule has 6 nitrogen and oxygen atoms in total. The molecular formula is C21H18N6. The van der Waals surface area contributed by atoms with Crippen LogP contribution in [0.1, 0.15) is 16.8 Å². The van der Waals surface area contributed by atoms with Crippen molar-refractivity contribution in [3.8, 4) is 28.5 Å². The maximum Gasteiger partial charge on any atom is 0.138 e. The molecule has 0 atom stereocenters. The molecule has 2 N–H and O–H groups in total. The smallest absolute Gasteiger partial charge is 0.138 e. The van der Waals surface area contributed by atoms with Crippen molar-refractivity contribution < 1.29 is 0 Å². The number of rotatable bonds is 2. The average molecular weight is 354 g/mol. The van der Waals surface area contributed by atoms with Crippen LogP contribution >= 0.6 is 0 Å². The lowest BCUT2D eigenvalue weighted by Gasteiger charge is -2.16. The number of aromatic nitrogens is 4. The van der Waals surface area contributed by atoms with E-state index in [1.54, 1.807) is 0 Å². The predicted molar refractivity (Wildman–Crippen MR) is 104 cm³/mol. The van der Waals surface area contributed by atoms with Crippen LogP contribution in [0, 0.1) is 18.3 Å². The number of fused-ring (bicyclic) bond motifs is 2. The van der Waals surface area contributed by atoms with Gasteiger partial charge in [0.25, 0.3) is 0 Å². The Morgan fingerprint density at radius 2 is 2.04 bits per heavy atom. The van der Waals surface area contributed by atoms with Gasteiger partial charge in [0, 0.05) is 42.0 Å². The van der Waals surface area contributed by atoms with Crippen molar-refractivity contribution in [1.82, 2.24) is 25.1 Å². The zero-order valence-corrected chi connectivity index (χ0v) is 15.0. The third-order valence-electron chi connectivity index (χ3n) is 5.18. The molecule has 27 heavy (non-hydrogen) atoms. The molecule has 5 rings (SSSR count). The summed E-state index contributed by atoms with van der Waals surface area (Å²) in [5.74, 6) is 0. The van der Waals surface area contributed by atoms with Crippen LogP contribution in [0.15, 0.2) is 42.7 Å². The lowest BCUT2D eigenvalue weighted by molar-refractivity contribution is 0.477. The molecule has 4 aromatic rings. The molecule has 1 aliphatic heterocycles. The van der Waals surface area contributed by atoms with E-state index in [0.29, 0.717) is 5.56 Å². The molecule has 0 amide bonds. The molecule has 132 valence electrons. The first-order chi connectivity index (χ1) is 13.3. The normalized spacial score (nSPS) is 13.5. The number of pyridine rings is 1. The summed E-state index contributed by atoms with van der Waals surface area (Å²) in [5, 5.41) is 18.6. The molecule has 0 radical (unpaired) electrons. The first-order valence-electron chi connectivity index (χ1n) is 9.00. The fraction of sp³-hybridized carbons (Fsp3) is 0.190. The van der Waals surface area contributed by atoms with Gasteiger partial charge >= 0.3 is 0 Å². The molecule has 0 saturated heterocycles. The molecule has 6 heteroatoms. The van der Waals surface area contributed by atoms with Crippen molar-refractivity contribution in [1.29, 1.82) is 5.26 Å². The quantitative estimate of drug-likeness (QED) is 0.578. The summed E-state index contributed by atoms with van der Waals surface area (Å²) in [7, 11) is 0. The van der Waals surface area contributed by atoms with Crippen LogP contribution in [-0.2, 0) is 13.1 Å². The summed E-state index contributed by atoms with van der Waals surface area (Å²) < 4.78 is 2.10. The standard InChI is InChI=1S/C21H18N6/c1-13-11-25-21-18(13)16(6-7-24-21)19-17-12-23-8-9-27(17)26-20(19)15-4-2-14(10-22)3-5-15/h2-7,11,23H,8-9,12H2,1H3,(H,24,25). The first kappa shape index (κ1) is 15.8. The third kappa shape index (κ3) is 2.44. The van der Waals surface area contributed by atoms with Gasteiger partial charge < -0.3 is 10.3 Å². The lowest BCUT2D eigenvalue weighted by atomic mass is 9.95. The number of hydrogen-bond donors (Lipinski definition) is 2. The van der Waals surface area contributed by atoms with E-state index in [-0.39, 0.29) is 0 Å². The number of nitriles is 1. The highest BCUT2D eigenvalue weighted by atomic mass is 15.3. The van der Waals surface area contributed by atoms with Crippen LogP contribution in [0.5, 0.6) is 0 Å². The van der Waals surface area contributed by atoms with E-state index in [1.165, 1.54) is 11.3 Å². The Hall–Kier alpha value is -3.43. The van der Waals surface area contributed by atoms with Crippen LogP contribution in [0.4, 0.5) is 0 Å². The molecule has 3 aromatic heterocycles. The molecule has 0 unspecified atom stereocenters. The van der Waals surface area contributed by atoms with E-state index in [1.807, 2.05) is 36.7 Å². The van der Waals surface area contributed by atoms with E-state index < -0.39 is 0 Å². The Labute approximate surface area is 156 Å². The molecule has 1 aromatic carbocycles. The van der Waals surface area contributed by atoms with Gasteiger partial charge in [0.2, 0.25) is 0 Å². The second-order valence-electron chi connectivity index (χ2n) is 6.81. The van der Waals surface area contributed by atoms with Gasteiger partial charge in [0.15, 0.2) is 0 Å². The van der Waals surface area contributed by atoms with Crippen LogP contribution in [-0.4, -0.2) is 26.3 Å². The van der Waals surface area contributed by atoms with Gasteiger partial charge in [-0.25, -0.2) is 4.98 Å². The van der Waals surface area contributed by atoms with Gasteiger partial charge in [-0.1, -0.05) is 12.1 Å². The van der Waals surface area contributed by atoms with Crippen molar-refractivity contribution in [3.05, 3.63) is 59.5 Å². The van der Waals surface area contributed by atoms with Gasteiger partial charge in [0.05, 0.1) is 23.9 Å². The van der Waals surface area contributed by atoms with Crippen LogP contribution in [0.2, 0.25) is 0 Å². The highest BCUT2D eigenvalue weighted by Gasteiger charge is 2.24. The van der Waals surface area contributed by atoms with Crippen molar-refractivity contribution in [2.45, 2.75) is 20.0 Å². The first-order valence-corrected chi connectivity index (χ1v) is 9.00. The summed E-state index contributed by atoms with van der Waals surface area (Å²) in [5.41, 5.74) is 8.15. The van der Waals surface area contributed by atoms with Gasteiger partial charge in [-0.3, -0.25) is 4.68 Å². The van der Waals surface area contributed by atoms with E-state index in [0.717, 1.165) is 53.1 Å². The second kappa shape index (κ2) is 6.08. The third-order valence-corrected chi connectivity index (χ3v) is 5.18. The molecular weight excluding hydrogens is 336 g/mol. The minimum Gasteiger partial charge on any atom is -0.346 e. The second-order valence-corrected chi connectivity index (χ2v) is 6.81. The Morgan fingerprint density at radius 3 is 2.85 bits per heavy atom. The highest BCUT2D eigenvalue weighted by Crippen LogP contribution is 2.39. The fourth-order valence-corrected chi connectivity index (χ4v) is 3.87. The average Bonchev–Trinajstić information content (AvgIpc) is 3.29. The summed E-state index contributed by atoms with van der Waals surface area (Å²) in [6.45, 7) is 4.64. The number of hydrogen-bond acceptors (Lipinski definition) is 4. The maximum absolute atomic E-state index is 9.10. The van der Waals surface area contributed by atoms with Gasteiger partial charge in [-0.2, -0.15) is 10.4 Å². The monoisotopic (exact) mass is 354 g/mol. The number of H-pyrrole nitrogens is 1. The zero-order chi connectivity index (χ0) is 18.4. The largest absolute Gasteiger partial charge is 0.346 e. The van der Waals surface area contributed by atoms with E-state index in [2.05, 4.69) is 39.0 Å². The minimum absolute atomic E-state index is 0.652. The van der Waals surface area contributed by atoms with E-state index in [9.17, 15) is 0 Å². The molecule has 4 heterocycles. The minimum atomic E-state index is 0.652. The van der Waals surface area contributed by atoms with Crippen LogP contribution < -0.4 is 5.32 Å². The van der Waals surface area contributed by atoms with E-state index >= 15 is 0 Å². The predicted octanol–water partition coefficient (Wildman–Crippen LogP) is 3.38. The number of nitrogens with one attached hydrogen (secondary N) is 2.